The number of nitrogens with two attached hydrogens (primary N) is 1. The minimum absolute atomic E-state index is 0.00435. The van der Waals surface area contributed by atoms with Gasteiger partial charge in [0, 0.05) is 0 Å². The first kappa shape index (κ1) is 30.3. The van der Waals surface area contributed by atoms with E-state index in [-0.39, 0.29) is 69.0 Å². The molecule has 1 aromatic heterocycles. The lowest BCUT2D eigenvalue weighted by atomic mass is 9.83. The number of carbonyl (C=O) groups excluding carboxylic acids is 2. The molecule has 0 fully saturated rings. The van der Waals surface area contributed by atoms with Gasteiger partial charge in [-0.2, -0.15) is 0 Å². The fourth-order valence-corrected chi connectivity index (χ4v) is 5.79. The van der Waals surface area contributed by atoms with E-state index in [1.54, 1.807) is 45.9 Å². The fraction of sp³-hybridized carbons (Fsp3) is 0.300. The molecule has 11 nitrogen and oxygen atoms in total. The highest BCUT2D eigenvalue weighted by molar-refractivity contribution is 7.07. The summed E-state index contributed by atoms with van der Waals surface area (Å²) in [6.45, 7) is 7.42. The summed E-state index contributed by atoms with van der Waals surface area (Å²) in [5, 5.41) is 20.4. The Morgan fingerprint density at radius 2 is 1.45 bits per heavy atom. The van der Waals surface area contributed by atoms with Gasteiger partial charge in [0.05, 0.1) is 48.0 Å². The molecule has 1 aliphatic rings. The topological polar surface area (TPSA) is 160 Å². The standard InChI is InChI=1S/C30H32N2O9S/c1-5-38-20-13-16(9-11-18(20)33)14-22-27(35)32-26(31)24(29(36)40-7-3)23(25(28(32)42-22)30(37)41-8-4)17-10-12-19(34)21(15-17)39-6-2/h9-15,23,33-34H,5-8,31H2,1-4H3. The maximum absolute atomic E-state index is 13.8. The van der Waals surface area contributed by atoms with Crippen molar-refractivity contribution in [3.8, 4) is 23.0 Å². The molecule has 42 heavy (non-hydrogen) atoms. The summed E-state index contributed by atoms with van der Waals surface area (Å²) in [4.78, 5) is 40.7. The van der Waals surface area contributed by atoms with Crippen molar-refractivity contribution < 1.29 is 38.7 Å². The molecular formula is C30H32N2O9S. The molecule has 0 saturated carbocycles. The van der Waals surface area contributed by atoms with Gasteiger partial charge in [0.25, 0.3) is 5.56 Å². The molecule has 0 bridgehead atoms. The summed E-state index contributed by atoms with van der Waals surface area (Å²) >= 11 is 0.996. The van der Waals surface area contributed by atoms with Crippen LogP contribution in [0.1, 0.15) is 44.7 Å². The molecule has 0 radical (unpaired) electrons. The number of fused-ring (bicyclic) bond motifs is 1. The van der Waals surface area contributed by atoms with Crippen molar-refractivity contribution in [3.05, 3.63) is 72.6 Å². The zero-order valence-electron chi connectivity index (χ0n) is 23.6. The van der Waals surface area contributed by atoms with Gasteiger partial charge in [0.15, 0.2) is 23.0 Å². The second-order valence-corrected chi connectivity index (χ2v) is 9.99. The maximum atomic E-state index is 13.8. The van der Waals surface area contributed by atoms with Crippen molar-refractivity contribution in [1.82, 2.24) is 4.57 Å². The van der Waals surface area contributed by atoms with Crippen molar-refractivity contribution >= 4 is 40.7 Å². The lowest BCUT2D eigenvalue weighted by Crippen LogP contribution is -2.42. The molecule has 0 amide bonds. The summed E-state index contributed by atoms with van der Waals surface area (Å²) in [7, 11) is 0. The van der Waals surface area contributed by atoms with Crippen LogP contribution in [-0.4, -0.2) is 53.1 Å². The predicted molar refractivity (Wildman–Crippen MR) is 157 cm³/mol. The average molecular weight is 597 g/mol. The second kappa shape index (κ2) is 12.9. The Balaban J connectivity index is 2.09. The first-order valence-electron chi connectivity index (χ1n) is 13.4. The number of aromatic nitrogens is 1. The van der Waals surface area contributed by atoms with Gasteiger partial charge < -0.3 is 34.9 Å². The number of hydrogen-bond acceptors (Lipinski definition) is 11. The summed E-state index contributed by atoms with van der Waals surface area (Å²) in [5.41, 5.74) is 6.79. The molecule has 0 aliphatic carbocycles. The van der Waals surface area contributed by atoms with Gasteiger partial charge in [-0.05, 0) is 69.2 Å². The number of esters is 2. The van der Waals surface area contributed by atoms with E-state index in [0.717, 1.165) is 15.9 Å². The molecule has 4 rings (SSSR count). The number of benzene rings is 2. The van der Waals surface area contributed by atoms with E-state index >= 15 is 0 Å². The highest BCUT2D eigenvalue weighted by Gasteiger charge is 2.40. The first-order chi connectivity index (χ1) is 20.2. The Bertz CT molecular complexity index is 1740. The van der Waals surface area contributed by atoms with Crippen LogP contribution in [-0.2, 0) is 19.1 Å². The fourth-order valence-electron chi connectivity index (χ4n) is 4.62. The molecule has 1 unspecified atom stereocenters. The van der Waals surface area contributed by atoms with Gasteiger partial charge in [0.1, 0.15) is 10.5 Å². The first-order valence-corrected chi connectivity index (χ1v) is 14.2. The van der Waals surface area contributed by atoms with Crippen molar-refractivity contribution in [1.29, 1.82) is 0 Å². The van der Waals surface area contributed by atoms with Crippen LogP contribution in [0, 0.1) is 0 Å². The van der Waals surface area contributed by atoms with Gasteiger partial charge in [-0.25, -0.2) is 9.59 Å². The third-order valence-electron chi connectivity index (χ3n) is 6.34. The molecule has 1 atom stereocenters. The Kier molecular flexibility index (Phi) is 9.26. The lowest BCUT2D eigenvalue weighted by Gasteiger charge is -2.27. The Morgan fingerprint density at radius 3 is 2.05 bits per heavy atom. The monoisotopic (exact) mass is 596 g/mol. The number of thiazole rings is 1. The van der Waals surface area contributed by atoms with Crippen LogP contribution < -0.4 is 30.0 Å². The van der Waals surface area contributed by atoms with Gasteiger partial charge in [0.2, 0.25) is 0 Å². The van der Waals surface area contributed by atoms with E-state index in [1.807, 2.05) is 0 Å². The lowest BCUT2D eigenvalue weighted by molar-refractivity contribution is -0.138. The predicted octanol–water partition coefficient (Wildman–Crippen LogP) is 2.15. The molecule has 0 spiro atoms. The van der Waals surface area contributed by atoms with E-state index in [9.17, 15) is 24.6 Å². The van der Waals surface area contributed by atoms with E-state index in [4.69, 9.17) is 24.7 Å². The summed E-state index contributed by atoms with van der Waals surface area (Å²) in [5.74, 6) is -2.68. The molecule has 1 aliphatic heterocycles. The quantitative estimate of drug-likeness (QED) is 0.296. The third-order valence-corrected chi connectivity index (χ3v) is 7.45. The van der Waals surface area contributed by atoms with E-state index < -0.39 is 23.4 Å². The van der Waals surface area contributed by atoms with E-state index in [0.29, 0.717) is 17.7 Å². The molecule has 3 aromatic rings. The Hall–Kier alpha value is -4.71. The molecule has 12 heteroatoms. The van der Waals surface area contributed by atoms with Crippen molar-refractivity contribution in [2.75, 3.05) is 26.4 Å². The van der Waals surface area contributed by atoms with Crippen LogP contribution in [0.5, 0.6) is 23.0 Å². The van der Waals surface area contributed by atoms with Crippen LogP contribution in [0.25, 0.3) is 17.5 Å². The van der Waals surface area contributed by atoms with E-state index in [2.05, 4.69) is 0 Å². The molecule has 2 aromatic carbocycles. The number of hydrogen-bond donors (Lipinski definition) is 3. The van der Waals surface area contributed by atoms with Crippen molar-refractivity contribution in [2.45, 2.75) is 33.6 Å². The number of ether oxygens (including phenoxy) is 4. The minimum Gasteiger partial charge on any atom is -0.504 e. The SMILES string of the molecule is CCOC(=O)C1=C(N)n2c(sc(=Cc3ccc(O)c(OCC)c3)c2=O)=C(C(=O)OCC)C1c1ccc(O)c(OCC)c1. The summed E-state index contributed by atoms with van der Waals surface area (Å²) in [6.07, 6.45) is 1.57. The molecule has 2 heterocycles. The number of phenols is 2. The molecular weight excluding hydrogens is 564 g/mol. The van der Waals surface area contributed by atoms with Crippen LogP contribution in [0.4, 0.5) is 0 Å². The van der Waals surface area contributed by atoms with Gasteiger partial charge >= 0.3 is 11.9 Å². The third kappa shape index (κ3) is 5.70. The van der Waals surface area contributed by atoms with Crippen LogP contribution >= 0.6 is 11.3 Å². The highest BCUT2D eigenvalue weighted by Crippen LogP contribution is 2.40. The van der Waals surface area contributed by atoms with Gasteiger partial charge in [-0.15, -0.1) is 11.3 Å². The Morgan fingerprint density at radius 1 is 0.881 bits per heavy atom. The number of carbonyl (C=O) groups is 2. The number of phenolic OH excluding ortho intramolecular Hbond substituents is 2. The van der Waals surface area contributed by atoms with Crippen LogP contribution in [0.15, 0.2) is 46.8 Å². The van der Waals surface area contributed by atoms with Gasteiger partial charge in [-0.1, -0.05) is 12.1 Å². The molecule has 0 saturated heterocycles. The highest BCUT2D eigenvalue weighted by atomic mass is 32.1. The normalized spacial score (nSPS) is 14.9. The summed E-state index contributed by atoms with van der Waals surface area (Å²) < 4.78 is 23.2. The van der Waals surface area contributed by atoms with Crippen molar-refractivity contribution in [3.63, 3.8) is 0 Å². The minimum atomic E-state index is -1.10. The number of rotatable bonds is 10. The van der Waals surface area contributed by atoms with Crippen molar-refractivity contribution in [2.24, 2.45) is 5.73 Å². The zero-order valence-corrected chi connectivity index (χ0v) is 24.4. The number of nitrogens with zero attached hydrogens (tertiary/aromatic N) is 1. The zero-order chi connectivity index (χ0) is 30.6. The molecule has 222 valence electrons. The maximum Gasteiger partial charge on any atom is 0.338 e. The number of aromatic hydroxyl groups is 2. The smallest absolute Gasteiger partial charge is 0.338 e. The largest absolute Gasteiger partial charge is 0.504 e. The Labute approximate surface area is 245 Å². The van der Waals surface area contributed by atoms with Crippen LogP contribution in [0.2, 0.25) is 0 Å². The molecule has 4 N–H and O–H groups in total. The van der Waals surface area contributed by atoms with Gasteiger partial charge in [-0.3, -0.25) is 9.36 Å². The van der Waals surface area contributed by atoms with Crippen LogP contribution in [0.3, 0.4) is 0 Å². The van der Waals surface area contributed by atoms with E-state index in [1.165, 1.54) is 24.3 Å². The second-order valence-electron chi connectivity index (χ2n) is 8.96. The summed E-state index contributed by atoms with van der Waals surface area (Å²) in [6, 6.07) is 9.06. The average Bonchev–Trinajstić information content (AvgIpc) is 3.27.